The van der Waals surface area contributed by atoms with Crippen LogP contribution in [0.4, 0.5) is 0 Å². The fraction of sp³-hybridized carbons (Fsp3) is 0.312. The highest BCUT2D eigenvalue weighted by Gasteiger charge is 2.32. The fourth-order valence-corrected chi connectivity index (χ4v) is 2.97. The highest BCUT2D eigenvalue weighted by atomic mass is 35.5. The lowest BCUT2D eigenvalue weighted by Crippen LogP contribution is -2.50. The highest BCUT2D eigenvalue weighted by Crippen LogP contribution is 2.25. The predicted molar refractivity (Wildman–Crippen MR) is 82.4 cm³/mol. The van der Waals surface area contributed by atoms with Crippen LogP contribution in [-0.4, -0.2) is 24.5 Å². The number of nitrogens with one attached hydrogen (secondary N) is 1. The number of allylic oxidation sites excluding steroid dienone is 1. The van der Waals surface area contributed by atoms with Gasteiger partial charge in [-0.15, -0.1) is 0 Å². The van der Waals surface area contributed by atoms with Gasteiger partial charge < -0.3 is 9.47 Å². The molecule has 0 saturated carbocycles. The summed E-state index contributed by atoms with van der Waals surface area (Å²) in [5.41, 5.74) is 1.72. The molecule has 2 aliphatic heterocycles. The molecule has 2 heterocycles. The number of para-hydroxylation sites is 1. The molecule has 1 fully saturated rings. The third-order valence-corrected chi connectivity index (χ3v) is 3.92. The number of carbonyl (C=O) groups is 2. The molecule has 0 spiro atoms. The summed E-state index contributed by atoms with van der Waals surface area (Å²) < 4.78 is 9.97. The molecule has 1 atom stereocenters. The van der Waals surface area contributed by atoms with E-state index in [-0.39, 0.29) is 6.42 Å². The monoisotopic (exact) mass is 334 g/mol. The fourth-order valence-electron chi connectivity index (χ4n) is 2.52. The van der Waals surface area contributed by atoms with Crippen LogP contribution in [0.15, 0.2) is 40.4 Å². The third kappa shape index (κ3) is 3.13. The number of ether oxygens (including phenoxy) is 2. The second kappa shape index (κ2) is 6.14. The zero-order valence-electron chi connectivity index (χ0n) is 12.6. The van der Waals surface area contributed by atoms with Gasteiger partial charge in [0.15, 0.2) is 0 Å². The van der Waals surface area contributed by atoms with Crippen LogP contribution in [0.2, 0.25) is 0 Å². The molecule has 1 unspecified atom stereocenters. The quantitative estimate of drug-likeness (QED) is 0.636. The van der Waals surface area contributed by atoms with Crippen molar-refractivity contribution in [1.29, 1.82) is 0 Å². The Morgan fingerprint density at radius 2 is 1.87 bits per heavy atom. The average Bonchev–Trinajstić information content (AvgIpc) is 2.46. The summed E-state index contributed by atoms with van der Waals surface area (Å²) >= 11 is 6.52. The predicted octanol–water partition coefficient (Wildman–Crippen LogP) is 0.693. The van der Waals surface area contributed by atoms with Crippen molar-refractivity contribution < 1.29 is 19.1 Å². The Kier molecular flexibility index (Phi) is 4.19. The van der Waals surface area contributed by atoms with Gasteiger partial charge >= 0.3 is 18.4 Å². The van der Waals surface area contributed by atoms with E-state index in [1.54, 1.807) is 0 Å². The van der Waals surface area contributed by atoms with E-state index in [9.17, 15) is 9.59 Å². The number of halogens is 1. The van der Waals surface area contributed by atoms with Gasteiger partial charge in [0.25, 0.3) is 0 Å². The largest absolute Gasteiger partial charge is 0.410 e. The van der Waals surface area contributed by atoms with E-state index < -0.39 is 24.5 Å². The molecule has 1 N–H and O–H groups in total. The number of cyclic esters (lactones) is 2. The lowest BCUT2D eigenvalue weighted by molar-refractivity contribution is -0.209. The Morgan fingerprint density at radius 3 is 2.52 bits per heavy atom. The number of nitrogens with zero attached hydrogens (tertiary/aromatic N) is 1. The van der Waals surface area contributed by atoms with Crippen LogP contribution in [0.5, 0.6) is 0 Å². The maximum Gasteiger partial charge on any atom is 0.321 e. The minimum Gasteiger partial charge on any atom is -0.410 e. The van der Waals surface area contributed by atoms with Crippen LogP contribution in [0.1, 0.15) is 20.3 Å². The van der Waals surface area contributed by atoms with Gasteiger partial charge in [-0.1, -0.05) is 35.4 Å². The first kappa shape index (κ1) is 15.7. The van der Waals surface area contributed by atoms with Gasteiger partial charge in [0.05, 0.1) is 10.4 Å². The molecule has 1 saturated heterocycles. The molecule has 0 amide bonds. The van der Waals surface area contributed by atoms with Gasteiger partial charge in [-0.2, -0.15) is 0 Å². The van der Waals surface area contributed by atoms with Gasteiger partial charge in [-0.05, 0) is 19.9 Å². The number of rotatable bonds is 2. The van der Waals surface area contributed by atoms with E-state index in [1.165, 1.54) is 0 Å². The van der Waals surface area contributed by atoms with E-state index in [0.717, 1.165) is 16.4 Å². The maximum absolute atomic E-state index is 11.4. The van der Waals surface area contributed by atoms with E-state index in [2.05, 4.69) is 10.3 Å². The number of carbonyl (C=O) groups excluding carboxylic acids is 2. The Bertz CT molecular complexity index is 811. The molecule has 0 radical (unpaired) electrons. The zero-order chi connectivity index (χ0) is 16.6. The molecule has 1 aromatic carbocycles. The van der Waals surface area contributed by atoms with Gasteiger partial charge in [0, 0.05) is 10.8 Å². The summed E-state index contributed by atoms with van der Waals surface area (Å²) in [7, 11) is 0. The lowest BCUT2D eigenvalue weighted by Gasteiger charge is -2.28. The van der Waals surface area contributed by atoms with Crippen LogP contribution >= 0.6 is 11.6 Å². The first-order valence-electron chi connectivity index (χ1n) is 7.11. The molecule has 7 heteroatoms. The summed E-state index contributed by atoms with van der Waals surface area (Å²) in [4.78, 5) is 27.3. The smallest absolute Gasteiger partial charge is 0.321 e. The summed E-state index contributed by atoms with van der Waals surface area (Å²) in [5, 5.41) is 5.03. The summed E-state index contributed by atoms with van der Waals surface area (Å²) in [6.45, 7) is 3.82. The molecule has 3 rings (SSSR count). The standard InChI is InChI=1S/C16H15ClN2O4/c1-8(2)13-14(17)9-5-3-4-6-10(9)18-15(13)19-16-22-11(20)7-12(21)23-16/h3-6,15-16,19H,7H2,1-2H3. The summed E-state index contributed by atoms with van der Waals surface area (Å²) in [6, 6.07) is 7.48. The minimum absolute atomic E-state index is 0.384. The second-order valence-corrected chi connectivity index (χ2v) is 5.81. The third-order valence-electron chi connectivity index (χ3n) is 3.52. The zero-order valence-corrected chi connectivity index (χ0v) is 13.4. The Morgan fingerprint density at radius 1 is 1.22 bits per heavy atom. The number of esters is 2. The van der Waals surface area contributed by atoms with Gasteiger partial charge in [-0.25, -0.2) is 5.32 Å². The molecule has 120 valence electrons. The number of benzene rings is 1. The molecule has 0 aliphatic carbocycles. The number of hydrogen-bond acceptors (Lipinski definition) is 6. The topological polar surface area (TPSA) is 77.0 Å². The van der Waals surface area contributed by atoms with Crippen molar-refractivity contribution in [3.8, 4) is 0 Å². The summed E-state index contributed by atoms with van der Waals surface area (Å²) in [5.74, 6) is -1.27. The molecular formula is C16H15ClN2O4. The van der Waals surface area contributed by atoms with Crippen LogP contribution in [0.3, 0.4) is 0 Å². The molecule has 1 aromatic rings. The average molecular weight is 335 g/mol. The van der Waals surface area contributed by atoms with Gasteiger partial charge in [0.2, 0.25) is 0 Å². The molecule has 0 aromatic heterocycles. The Balaban J connectivity index is 1.99. The highest BCUT2D eigenvalue weighted by molar-refractivity contribution is 6.48. The minimum atomic E-state index is -1.18. The number of fused-ring (bicyclic) bond motifs is 1. The first-order chi connectivity index (χ1) is 11.0. The van der Waals surface area contributed by atoms with E-state index >= 15 is 0 Å². The molecule has 2 aliphatic rings. The normalized spacial score (nSPS) is 21.3. The van der Waals surface area contributed by atoms with E-state index in [0.29, 0.717) is 10.4 Å². The molecular weight excluding hydrogens is 320 g/mol. The van der Waals surface area contributed by atoms with Crippen LogP contribution in [-0.2, 0) is 19.1 Å². The lowest BCUT2D eigenvalue weighted by atomic mass is 10.0. The molecule has 6 nitrogen and oxygen atoms in total. The van der Waals surface area contributed by atoms with Crippen LogP contribution in [0.25, 0.3) is 5.03 Å². The van der Waals surface area contributed by atoms with Gasteiger partial charge in [-0.3, -0.25) is 14.6 Å². The Hall–Kier alpha value is -2.18. The van der Waals surface area contributed by atoms with Crippen molar-refractivity contribution in [1.82, 2.24) is 5.32 Å². The van der Waals surface area contributed by atoms with E-state index in [1.807, 2.05) is 38.1 Å². The van der Waals surface area contributed by atoms with Crippen molar-refractivity contribution in [3.05, 3.63) is 46.0 Å². The van der Waals surface area contributed by atoms with Crippen molar-refractivity contribution in [2.24, 2.45) is 4.99 Å². The Labute approximate surface area is 137 Å². The van der Waals surface area contributed by atoms with Crippen LogP contribution < -0.4 is 15.9 Å². The van der Waals surface area contributed by atoms with Crippen molar-refractivity contribution >= 4 is 28.6 Å². The molecule has 23 heavy (non-hydrogen) atoms. The van der Waals surface area contributed by atoms with Crippen LogP contribution in [0, 0.1) is 0 Å². The van der Waals surface area contributed by atoms with E-state index in [4.69, 9.17) is 21.1 Å². The van der Waals surface area contributed by atoms with Crippen molar-refractivity contribution in [2.75, 3.05) is 0 Å². The maximum atomic E-state index is 11.4. The SMILES string of the molecule is CC(C)=C1C(Cl)=c2ccccc2=NC1NC1OC(=O)CC(=O)O1. The summed E-state index contributed by atoms with van der Waals surface area (Å²) in [6.07, 6.45) is -2.14. The van der Waals surface area contributed by atoms with Gasteiger partial charge in [0.1, 0.15) is 12.6 Å². The molecule has 0 bridgehead atoms. The second-order valence-electron chi connectivity index (χ2n) is 5.43. The number of hydrogen-bond donors (Lipinski definition) is 1. The van der Waals surface area contributed by atoms with Crippen molar-refractivity contribution in [3.63, 3.8) is 0 Å². The first-order valence-corrected chi connectivity index (χ1v) is 7.49. The van der Waals surface area contributed by atoms with Crippen molar-refractivity contribution in [2.45, 2.75) is 32.8 Å².